The van der Waals surface area contributed by atoms with Gasteiger partial charge in [-0.15, -0.1) is 11.3 Å². The minimum Gasteiger partial charge on any atom is -0.355 e. The quantitative estimate of drug-likeness (QED) is 0.936. The summed E-state index contributed by atoms with van der Waals surface area (Å²) in [7, 11) is 0. The van der Waals surface area contributed by atoms with Crippen molar-refractivity contribution < 1.29 is 9.59 Å². The molecule has 6 heteroatoms. The van der Waals surface area contributed by atoms with Crippen molar-refractivity contribution in [1.29, 1.82) is 0 Å². The number of hydrogen-bond donors (Lipinski definition) is 1. The van der Waals surface area contributed by atoms with E-state index in [1.807, 2.05) is 11.4 Å². The molecule has 1 N–H and O–H groups in total. The lowest BCUT2D eigenvalue weighted by Gasteiger charge is -2.18. The fourth-order valence-electron chi connectivity index (χ4n) is 2.24. The van der Waals surface area contributed by atoms with Crippen molar-refractivity contribution in [2.45, 2.75) is 12.3 Å². The molecule has 2 amide bonds. The summed E-state index contributed by atoms with van der Waals surface area (Å²) in [6.07, 6.45) is 3.87. The number of rotatable bonds is 4. The van der Waals surface area contributed by atoms with Crippen LogP contribution in [0.1, 0.15) is 26.8 Å². The van der Waals surface area contributed by atoms with Crippen molar-refractivity contribution >= 4 is 29.4 Å². The molecular weight excluding hydrogens is 286 g/mol. The SMILES string of the molecule is O=C1N=CC(C(=O)NCCc2nccs2)c2ccccc21. The van der Waals surface area contributed by atoms with E-state index in [4.69, 9.17) is 0 Å². The number of nitrogens with zero attached hydrogens (tertiary/aromatic N) is 2. The van der Waals surface area contributed by atoms with Crippen molar-refractivity contribution in [1.82, 2.24) is 10.3 Å². The summed E-state index contributed by atoms with van der Waals surface area (Å²) in [4.78, 5) is 31.9. The van der Waals surface area contributed by atoms with Crippen LogP contribution in [-0.2, 0) is 11.2 Å². The van der Waals surface area contributed by atoms with Crippen LogP contribution < -0.4 is 5.32 Å². The van der Waals surface area contributed by atoms with Crippen LogP contribution >= 0.6 is 11.3 Å². The Morgan fingerprint density at radius 3 is 3.00 bits per heavy atom. The summed E-state index contributed by atoms with van der Waals surface area (Å²) in [5.74, 6) is -0.942. The minimum absolute atomic E-state index is 0.143. The van der Waals surface area contributed by atoms with Gasteiger partial charge in [-0.3, -0.25) is 9.59 Å². The zero-order valence-corrected chi connectivity index (χ0v) is 12.0. The standard InChI is InChI=1S/C15H13N3O2S/c19-14-11-4-2-1-3-10(11)12(9-18-14)15(20)17-6-5-13-16-7-8-21-13/h1-4,7-9,12H,5-6H2,(H,17,20). The summed E-state index contributed by atoms with van der Waals surface area (Å²) in [5, 5.41) is 5.77. The lowest BCUT2D eigenvalue weighted by molar-refractivity contribution is -0.121. The van der Waals surface area contributed by atoms with E-state index in [-0.39, 0.29) is 11.8 Å². The van der Waals surface area contributed by atoms with Crippen molar-refractivity contribution in [2.24, 2.45) is 4.99 Å². The van der Waals surface area contributed by atoms with Gasteiger partial charge >= 0.3 is 0 Å². The molecule has 0 spiro atoms. The highest BCUT2D eigenvalue weighted by molar-refractivity contribution is 7.09. The predicted octanol–water partition coefficient (Wildman–Crippen LogP) is 1.81. The second-order valence-corrected chi connectivity index (χ2v) is 5.59. The van der Waals surface area contributed by atoms with Crippen LogP contribution in [0.5, 0.6) is 0 Å². The molecule has 0 fully saturated rings. The van der Waals surface area contributed by atoms with Crippen LogP contribution in [0.4, 0.5) is 0 Å². The molecule has 3 rings (SSSR count). The van der Waals surface area contributed by atoms with Gasteiger partial charge < -0.3 is 5.32 Å². The summed E-state index contributed by atoms with van der Waals surface area (Å²) in [6, 6.07) is 7.09. The third-order valence-electron chi connectivity index (χ3n) is 3.27. The average Bonchev–Trinajstić information content (AvgIpc) is 3.01. The highest BCUT2D eigenvalue weighted by atomic mass is 32.1. The number of benzene rings is 1. The molecule has 0 aliphatic carbocycles. The molecule has 5 nitrogen and oxygen atoms in total. The summed E-state index contributed by atoms with van der Waals surface area (Å²) in [6.45, 7) is 0.521. The van der Waals surface area contributed by atoms with Gasteiger partial charge in [-0.1, -0.05) is 18.2 Å². The maximum absolute atomic E-state index is 12.3. The predicted molar refractivity (Wildman–Crippen MR) is 80.8 cm³/mol. The molecule has 2 heterocycles. The number of aromatic nitrogens is 1. The largest absolute Gasteiger partial charge is 0.355 e. The summed E-state index contributed by atoms with van der Waals surface area (Å²) < 4.78 is 0. The van der Waals surface area contributed by atoms with E-state index >= 15 is 0 Å². The molecule has 1 aromatic carbocycles. The van der Waals surface area contributed by atoms with Gasteiger partial charge in [0, 0.05) is 36.3 Å². The van der Waals surface area contributed by atoms with Gasteiger partial charge in [0.25, 0.3) is 5.91 Å². The van der Waals surface area contributed by atoms with E-state index in [1.165, 1.54) is 6.21 Å². The van der Waals surface area contributed by atoms with Gasteiger partial charge in [0.2, 0.25) is 5.91 Å². The van der Waals surface area contributed by atoms with E-state index in [9.17, 15) is 9.59 Å². The third-order valence-corrected chi connectivity index (χ3v) is 4.11. The normalized spacial score (nSPS) is 16.6. The first-order valence-corrected chi connectivity index (χ1v) is 7.47. The van der Waals surface area contributed by atoms with Crippen molar-refractivity contribution in [3.05, 3.63) is 52.0 Å². The Labute approximate surface area is 125 Å². The zero-order valence-electron chi connectivity index (χ0n) is 11.2. The third kappa shape index (κ3) is 2.90. The molecule has 0 radical (unpaired) electrons. The Balaban J connectivity index is 1.67. The molecule has 106 valence electrons. The Morgan fingerprint density at radius 1 is 1.33 bits per heavy atom. The monoisotopic (exact) mass is 299 g/mol. The summed E-state index contributed by atoms with van der Waals surface area (Å²) in [5.41, 5.74) is 1.21. The van der Waals surface area contributed by atoms with E-state index < -0.39 is 5.92 Å². The molecule has 0 saturated carbocycles. The van der Waals surface area contributed by atoms with Crippen LogP contribution in [0.2, 0.25) is 0 Å². The maximum Gasteiger partial charge on any atom is 0.276 e. The van der Waals surface area contributed by atoms with E-state index in [2.05, 4.69) is 15.3 Å². The van der Waals surface area contributed by atoms with Gasteiger partial charge in [0.15, 0.2) is 0 Å². The number of nitrogens with one attached hydrogen (secondary N) is 1. The van der Waals surface area contributed by atoms with E-state index in [0.29, 0.717) is 24.1 Å². The lowest BCUT2D eigenvalue weighted by Crippen LogP contribution is -2.33. The van der Waals surface area contributed by atoms with Crippen LogP contribution in [0.25, 0.3) is 0 Å². The minimum atomic E-state index is -0.504. The fourth-order valence-corrected chi connectivity index (χ4v) is 2.86. The van der Waals surface area contributed by atoms with Crippen molar-refractivity contribution in [2.75, 3.05) is 6.54 Å². The number of aliphatic imine (C=N–C) groups is 1. The highest BCUT2D eigenvalue weighted by Crippen LogP contribution is 2.23. The maximum atomic E-state index is 12.3. The average molecular weight is 299 g/mol. The molecular formula is C15H13N3O2S. The van der Waals surface area contributed by atoms with Crippen LogP contribution in [0.15, 0.2) is 40.8 Å². The molecule has 21 heavy (non-hydrogen) atoms. The van der Waals surface area contributed by atoms with Gasteiger partial charge in [-0.25, -0.2) is 9.98 Å². The molecule has 1 unspecified atom stereocenters. The number of amides is 2. The van der Waals surface area contributed by atoms with Crippen LogP contribution in [-0.4, -0.2) is 29.6 Å². The molecule has 1 aliphatic rings. The topological polar surface area (TPSA) is 71.4 Å². The number of carbonyl (C=O) groups excluding carboxylic acids is 2. The first-order chi connectivity index (χ1) is 10.3. The smallest absolute Gasteiger partial charge is 0.276 e. The van der Waals surface area contributed by atoms with Crippen molar-refractivity contribution in [3.63, 3.8) is 0 Å². The summed E-state index contributed by atoms with van der Waals surface area (Å²) >= 11 is 1.57. The molecule has 1 aromatic heterocycles. The van der Waals surface area contributed by atoms with Crippen LogP contribution in [0, 0.1) is 0 Å². The van der Waals surface area contributed by atoms with E-state index in [0.717, 1.165) is 5.01 Å². The Kier molecular flexibility index (Phi) is 3.87. The van der Waals surface area contributed by atoms with Gasteiger partial charge in [-0.05, 0) is 11.6 Å². The molecule has 1 aliphatic heterocycles. The van der Waals surface area contributed by atoms with Gasteiger partial charge in [-0.2, -0.15) is 0 Å². The fraction of sp³-hybridized carbons (Fsp3) is 0.200. The first-order valence-electron chi connectivity index (χ1n) is 6.59. The lowest BCUT2D eigenvalue weighted by atomic mass is 9.92. The Morgan fingerprint density at radius 2 is 2.19 bits per heavy atom. The molecule has 2 aromatic rings. The number of carbonyl (C=O) groups is 2. The molecule has 0 saturated heterocycles. The first kappa shape index (κ1) is 13.6. The van der Waals surface area contributed by atoms with Crippen LogP contribution in [0.3, 0.4) is 0 Å². The van der Waals surface area contributed by atoms with Gasteiger partial charge in [0.05, 0.1) is 10.9 Å². The number of fused-ring (bicyclic) bond motifs is 1. The second-order valence-electron chi connectivity index (χ2n) is 4.62. The van der Waals surface area contributed by atoms with E-state index in [1.54, 1.807) is 35.7 Å². The number of thiazole rings is 1. The van der Waals surface area contributed by atoms with Gasteiger partial charge in [0.1, 0.15) is 0 Å². The highest BCUT2D eigenvalue weighted by Gasteiger charge is 2.27. The van der Waals surface area contributed by atoms with Crippen molar-refractivity contribution in [3.8, 4) is 0 Å². The zero-order chi connectivity index (χ0) is 14.7. The molecule has 0 bridgehead atoms. The Bertz CT molecular complexity index is 695. The second kappa shape index (κ2) is 5.97. The molecule has 1 atom stereocenters. The Hall–Kier alpha value is -2.34. The number of hydrogen-bond acceptors (Lipinski definition) is 4.